The van der Waals surface area contributed by atoms with E-state index in [4.69, 9.17) is 0 Å². The molecule has 0 spiro atoms. The number of hydrogen-bond acceptors (Lipinski definition) is 4. The Morgan fingerprint density at radius 2 is 2.15 bits per heavy atom. The number of piperidine rings is 1. The van der Waals surface area contributed by atoms with Gasteiger partial charge < -0.3 is 15.1 Å². The Labute approximate surface area is 167 Å². The van der Waals surface area contributed by atoms with Crippen molar-refractivity contribution in [3.8, 4) is 0 Å². The molecule has 7 heteroatoms. The minimum absolute atomic E-state index is 0.0824. The molecular weight excluding hydrogens is 360 g/mol. The van der Waals surface area contributed by atoms with Gasteiger partial charge in [-0.25, -0.2) is 4.79 Å². The molecule has 1 aromatic rings. The summed E-state index contributed by atoms with van der Waals surface area (Å²) in [6, 6.07) is 3.86. The molecule has 0 aliphatic carbocycles. The highest BCUT2D eigenvalue weighted by atomic mass is 32.1. The quantitative estimate of drug-likeness (QED) is 0.672. The molecule has 0 radical (unpaired) electrons. The van der Waals surface area contributed by atoms with Gasteiger partial charge in [0.15, 0.2) is 0 Å². The van der Waals surface area contributed by atoms with Crippen molar-refractivity contribution in [3.05, 3.63) is 17.5 Å². The van der Waals surface area contributed by atoms with E-state index in [1.807, 2.05) is 17.5 Å². The number of carbonyl (C=O) groups excluding carboxylic acids is 2. The number of thiophene rings is 1. The van der Waals surface area contributed by atoms with Gasteiger partial charge in [-0.05, 0) is 69.8 Å². The lowest BCUT2D eigenvalue weighted by molar-refractivity contribution is -0.126. The number of carbonyl (C=O) groups is 2. The summed E-state index contributed by atoms with van der Waals surface area (Å²) < 4.78 is 0. The molecule has 1 saturated heterocycles. The number of likely N-dealkylation sites (tertiary alicyclic amines) is 1. The van der Waals surface area contributed by atoms with Gasteiger partial charge in [-0.15, -0.1) is 11.3 Å². The highest BCUT2D eigenvalue weighted by Gasteiger charge is 2.29. The molecule has 2 unspecified atom stereocenters. The van der Waals surface area contributed by atoms with Crippen LogP contribution in [0.5, 0.6) is 0 Å². The zero-order valence-electron chi connectivity index (χ0n) is 16.9. The van der Waals surface area contributed by atoms with Crippen LogP contribution in [-0.2, 0) is 4.79 Å². The molecule has 1 fully saturated rings. The van der Waals surface area contributed by atoms with E-state index in [1.165, 1.54) is 11.3 Å². The summed E-state index contributed by atoms with van der Waals surface area (Å²) in [6.07, 6.45) is 3.79. The van der Waals surface area contributed by atoms with Gasteiger partial charge >= 0.3 is 6.03 Å². The van der Waals surface area contributed by atoms with E-state index in [9.17, 15) is 9.59 Å². The van der Waals surface area contributed by atoms with Crippen molar-refractivity contribution in [1.82, 2.24) is 15.1 Å². The standard InChI is InChI=1S/C20H34N4O2S/c1-4-23(5-2)12-6-9-16(3)21-19(25)17-10-7-13-24(15-17)20(26)22-18-11-8-14-27-18/h8,11,14,16-17H,4-7,9-10,12-13,15H2,1-3H3,(H,21,25)(H,22,26). The number of nitrogens with zero attached hydrogens (tertiary/aromatic N) is 2. The van der Waals surface area contributed by atoms with Crippen LogP contribution in [-0.4, -0.2) is 60.5 Å². The number of amides is 3. The van der Waals surface area contributed by atoms with Crippen LogP contribution in [0.4, 0.5) is 9.80 Å². The van der Waals surface area contributed by atoms with Crippen molar-refractivity contribution in [2.24, 2.45) is 5.92 Å². The fourth-order valence-electron chi connectivity index (χ4n) is 3.50. The first-order valence-electron chi connectivity index (χ1n) is 10.2. The average Bonchev–Trinajstić information content (AvgIpc) is 3.18. The third-order valence-corrected chi connectivity index (χ3v) is 6.01. The molecule has 2 atom stereocenters. The van der Waals surface area contributed by atoms with Crippen LogP contribution in [0, 0.1) is 5.92 Å². The van der Waals surface area contributed by atoms with Crippen molar-refractivity contribution < 1.29 is 9.59 Å². The van der Waals surface area contributed by atoms with E-state index in [0.717, 1.165) is 50.3 Å². The number of rotatable bonds is 9. The van der Waals surface area contributed by atoms with Gasteiger partial charge in [0, 0.05) is 19.1 Å². The van der Waals surface area contributed by atoms with Crippen molar-refractivity contribution in [2.45, 2.75) is 52.5 Å². The first-order valence-corrected chi connectivity index (χ1v) is 11.0. The van der Waals surface area contributed by atoms with Crippen molar-refractivity contribution in [2.75, 3.05) is 38.0 Å². The molecule has 0 saturated carbocycles. The zero-order valence-corrected chi connectivity index (χ0v) is 17.7. The number of hydrogen-bond donors (Lipinski definition) is 2. The van der Waals surface area contributed by atoms with Gasteiger partial charge in [-0.2, -0.15) is 0 Å². The summed E-state index contributed by atoms with van der Waals surface area (Å²) in [5, 5.41) is 8.84. The average molecular weight is 395 g/mol. The third-order valence-electron chi connectivity index (χ3n) is 5.23. The molecule has 0 bridgehead atoms. The van der Waals surface area contributed by atoms with Crippen LogP contribution < -0.4 is 10.6 Å². The minimum Gasteiger partial charge on any atom is -0.353 e. The number of anilines is 1. The minimum atomic E-state index is -0.113. The van der Waals surface area contributed by atoms with Gasteiger partial charge in [-0.1, -0.05) is 13.8 Å². The predicted octanol–water partition coefficient (Wildman–Crippen LogP) is 3.62. The largest absolute Gasteiger partial charge is 0.353 e. The van der Waals surface area contributed by atoms with Crippen molar-refractivity contribution in [1.29, 1.82) is 0 Å². The zero-order chi connectivity index (χ0) is 19.6. The highest BCUT2D eigenvalue weighted by Crippen LogP contribution is 2.20. The van der Waals surface area contributed by atoms with E-state index in [1.54, 1.807) is 4.90 Å². The summed E-state index contributed by atoms with van der Waals surface area (Å²) >= 11 is 1.50. The Morgan fingerprint density at radius 3 is 2.81 bits per heavy atom. The molecule has 2 heterocycles. The van der Waals surface area contributed by atoms with Gasteiger partial charge in [0.05, 0.1) is 10.9 Å². The first-order chi connectivity index (χ1) is 13.0. The second-order valence-corrected chi connectivity index (χ2v) is 8.22. The van der Waals surface area contributed by atoms with E-state index >= 15 is 0 Å². The maximum atomic E-state index is 12.6. The molecule has 1 aromatic heterocycles. The van der Waals surface area contributed by atoms with Crippen LogP contribution in [0.15, 0.2) is 17.5 Å². The molecule has 27 heavy (non-hydrogen) atoms. The number of nitrogens with one attached hydrogen (secondary N) is 2. The fourth-order valence-corrected chi connectivity index (χ4v) is 4.11. The molecule has 1 aliphatic heterocycles. The SMILES string of the molecule is CCN(CC)CCCC(C)NC(=O)C1CCCN(C(=O)Nc2cccs2)C1. The lowest BCUT2D eigenvalue weighted by Crippen LogP contribution is -2.48. The van der Waals surface area contributed by atoms with Crippen LogP contribution in [0.1, 0.15) is 46.5 Å². The smallest absolute Gasteiger partial charge is 0.322 e. The summed E-state index contributed by atoms with van der Waals surface area (Å²) in [4.78, 5) is 29.2. The summed E-state index contributed by atoms with van der Waals surface area (Å²) in [5.74, 6) is -0.0305. The number of urea groups is 1. The second kappa shape index (κ2) is 11.3. The topological polar surface area (TPSA) is 64.7 Å². The Kier molecular flexibility index (Phi) is 9.07. The lowest BCUT2D eigenvalue weighted by Gasteiger charge is -2.32. The molecule has 1 aliphatic rings. The van der Waals surface area contributed by atoms with Gasteiger partial charge in [0.25, 0.3) is 0 Å². The normalized spacial score (nSPS) is 18.4. The Hall–Kier alpha value is -1.60. The van der Waals surface area contributed by atoms with Gasteiger partial charge in [-0.3, -0.25) is 10.1 Å². The molecule has 152 valence electrons. The molecule has 6 nitrogen and oxygen atoms in total. The predicted molar refractivity (Wildman–Crippen MR) is 112 cm³/mol. The molecule has 0 aromatic carbocycles. The van der Waals surface area contributed by atoms with Crippen LogP contribution >= 0.6 is 11.3 Å². The third kappa shape index (κ3) is 7.14. The summed E-state index contributed by atoms with van der Waals surface area (Å²) in [6.45, 7) is 10.9. The monoisotopic (exact) mass is 394 g/mol. The van der Waals surface area contributed by atoms with Crippen molar-refractivity contribution in [3.63, 3.8) is 0 Å². The van der Waals surface area contributed by atoms with Crippen LogP contribution in [0.2, 0.25) is 0 Å². The Morgan fingerprint density at radius 1 is 1.37 bits per heavy atom. The maximum absolute atomic E-state index is 12.6. The maximum Gasteiger partial charge on any atom is 0.322 e. The fraction of sp³-hybridized carbons (Fsp3) is 0.700. The van der Waals surface area contributed by atoms with Crippen molar-refractivity contribution >= 4 is 28.3 Å². The van der Waals surface area contributed by atoms with Gasteiger partial charge in [0.1, 0.15) is 0 Å². The molecule has 3 amide bonds. The first kappa shape index (κ1) is 21.7. The highest BCUT2D eigenvalue weighted by molar-refractivity contribution is 7.14. The van der Waals surface area contributed by atoms with E-state index in [0.29, 0.717) is 13.1 Å². The lowest BCUT2D eigenvalue weighted by atomic mass is 9.97. The second-order valence-electron chi connectivity index (χ2n) is 7.27. The van der Waals surface area contributed by atoms with E-state index in [-0.39, 0.29) is 23.9 Å². The summed E-state index contributed by atoms with van der Waals surface area (Å²) in [7, 11) is 0. The van der Waals surface area contributed by atoms with Crippen LogP contribution in [0.3, 0.4) is 0 Å². The van der Waals surface area contributed by atoms with Crippen LogP contribution in [0.25, 0.3) is 0 Å². The molecule has 2 rings (SSSR count). The molecule has 2 N–H and O–H groups in total. The van der Waals surface area contributed by atoms with Gasteiger partial charge in [0.2, 0.25) is 5.91 Å². The molecular formula is C20H34N4O2S. The Bertz CT molecular complexity index is 575. The Balaban J connectivity index is 1.74. The van der Waals surface area contributed by atoms with E-state index in [2.05, 4.69) is 36.3 Å². The van der Waals surface area contributed by atoms with E-state index < -0.39 is 0 Å². The summed E-state index contributed by atoms with van der Waals surface area (Å²) in [5.41, 5.74) is 0.